The van der Waals surface area contributed by atoms with Crippen molar-refractivity contribution in [1.29, 1.82) is 0 Å². The minimum absolute atomic E-state index is 0.240. The Balaban J connectivity index is 1.86. The maximum atomic E-state index is 5.77. The van der Waals surface area contributed by atoms with Crippen LogP contribution in [0.5, 0.6) is 5.75 Å². The lowest BCUT2D eigenvalue weighted by Gasteiger charge is -2.28. The first-order valence-electron chi connectivity index (χ1n) is 5.33. The molecule has 0 radical (unpaired) electrons. The number of para-hydroxylation sites is 1. The van der Waals surface area contributed by atoms with E-state index in [0.717, 1.165) is 28.9 Å². The second-order valence-corrected chi connectivity index (χ2v) is 4.79. The van der Waals surface area contributed by atoms with Crippen LogP contribution in [0.4, 0.5) is 5.69 Å². The van der Waals surface area contributed by atoms with E-state index in [9.17, 15) is 0 Å². The van der Waals surface area contributed by atoms with E-state index >= 15 is 0 Å². The Morgan fingerprint density at radius 3 is 3.12 bits per heavy atom. The monoisotopic (exact) mass is 281 g/mol. The lowest BCUT2D eigenvalue weighted by atomic mass is 10.1. The molecule has 0 fully saturated rings. The number of hydrogen-bond acceptors (Lipinski definition) is 3. The van der Waals surface area contributed by atoms with Gasteiger partial charge in [0.15, 0.2) is 5.75 Å². The van der Waals surface area contributed by atoms with Gasteiger partial charge in [0.1, 0.15) is 6.61 Å². The molecule has 0 saturated heterocycles. The number of benzene rings is 1. The molecule has 1 N–H and O–H groups in total. The third-order valence-electron chi connectivity index (χ3n) is 2.88. The van der Waals surface area contributed by atoms with Crippen LogP contribution in [-0.2, 0) is 4.74 Å². The van der Waals surface area contributed by atoms with Crippen molar-refractivity contribution in [3.63, 3.8) is 0 Å². The van der Waals surface area contributed by atoms with E-state index in [0.29, 0.717) is 6.61 Å². The van der Waals surface area contributed by atoms with Gasteiger partial charge in [-0.05, 0) is 33.6 Å². The molecule has 1 atom stereocenters. The molecule has 0 aliphatic carbocycles. The zero-order chi connectivity index (χ0) is 11.0. The molecular formula is C12H12BrNO2. The fourth-order valence-corrected chi connectivity index (χ4v) is 2.50. The molecule has 16 heavy (non-hydrogen) atoms. The van der Waals surface area contributed by atoms with Gasteiger partial charge in [-0.15, -0.1) is 0 Å². The number of fused-ring (bicyclic) bond motifs is 1. The Morgan fingerprint density at radius 1 is 1.38 bits per heavy atom. The van der Waals surface area contributed by atoms with Crippen molar-refractivity contribution in [2.45, 2.75) is 12.5 Å². The van der Waals surface area contributed by atoms with E-state index in [1.807, 2.05) is 24.5 Å². The summed E-state index contributed by atoms with van der Waals surface area (Å²) in [6.07, 6.45) is 2.84. The number of rotatable bonds is 1. The smallest absolute Gasteiger partial charge is 0.156 e. The first-order valence-corrected chi connectivity index (χ1v) is 6.12. The summed E-state index contributed by atoms with van der Waals surface area (Å²) in [7, 11) is 0. The van der Waals surface area contributed by atoms with Gasteiger partial charge in [-0.2, -0.15) is 0 Å². The second kappa shape index (κ2) is 4.01. The number of nitrogens with one attached hydrogen (secondary N) is 1. The van der Waals surface area contributed by atoms with Gasteiger partial charge in [0.2, 0.25) is 0 Å². The normalized spacial score (nSPS) is 22.6. The number of ether oxygens (including phenoxy) is 2. The Morgan fingerprint density at radius 2 is 2.31 bits per heavy atom. The molecule has 0 aromatic heterocycles. The molecule has 1 aromatic rings. The van der Waals surface area contributed by atoms with Crippen LogP contribution in [0.2, 0.25) is 0 Å². The van der Waals surface area contributed by atoms with Crippen molar-refractivity contribution in [3.8, 4) is 5.75 Å². The summed E-state index contributed by atoms with van der Waals surface area (Å²) in [6, 6.07) is 6.26. The molecule has 3 nitrogen and oxygen atoms in total. The fraction of sp³-hybridized carbons (Fsp3) is 0.333. The van der Waals surface area contributed by atoms with Gasteiger partial charge in [-0.1, -0.05) is 6.07 Å². The highest BCUT2D eigenvalue weighted by Crippen LogP contribution is 2.37. The van der Waals surface area contributed by atoms with Crippen molar-refractivity contribution in [3.05, 3.63) is 34.5 Å². The molecule has 84 valence electrons. The van der Waals surface area contributed by atoms with Gasteiger partial charge in [0, 0.05) is 6.42 Å². The summed E-state index contributed by atoms with van der Waals surface area (Å²) >= 11 is 3.48. The highest BCUT2D eigenvalue weighted by Gasteiger charge is 2.25. The summed E-state index contributed by atoms with van der Waals surface area (Å²) in [4.78, 5) is 0. The lowest BCUT2D eigenvalue weighted by molar-refractivity contribution is 0.281. The quantitative estimate of drug-likeness (QED) is 0.859. The van der Waals surface area contributed by atoms with Gasteiger partial charge in [0.05, 0.1) is 29.1 Å². The third-order valence-corrected chi connectivity index (χ3v) is 3.51. The van der Waals surface area contributed by atoms with Crippen LogP contribution < -0.4 is 10.1 Å². The van der Waals surface area contributed by atoms with Crippen LogP contribution in [0.1, 0.15) is 6.42 Å². The van der Waals surface area contributed by atoms with Crippen molar-refractivity contribution in [1.82, 2.24) is 0 Å². The Hall–Kier alpha value is -1.16. The molecule has 0 bridgehead atoms. The molecule has 4 heteroatoms. The highest BCUT2D eigenvalue weighted by molar-refractivity contribution is 9.10. The SMILES string of the molecule is Brc1cccc2c1OCC(C1=COCC1)N2. The van der Waals surface area contributed by atoms with Gasteiger partial charge in [-0.25, -0.2) is 0 Å². The largest absolute Gasteiger partial charge is 0.501 e. The zero-order valence-corrected chi connectivity index (χ0v) is 10.3. The maximum absolute atomic E-state index is 5.77. The molecule has 2 aliphatic rings. The highest BCUT2D eigenvalue weighted by atomic mass is 79.9. The van der Waals surface area contributed by atoms with Gasteiger partial charge in [0.25, 0.3) is 0 Å². The average Bonchev–Trinajstić information content (AvgIpc) is 2.82. The van der Waals surface area contributed by atoms with Crippen LogP contribution in [0, 0.1) is 0 Å². The molecule has 2 aliphatic heterocycles. The van der Waals surface area contributed by atoms with E-state index in [1.165, 1.54) is 5.57 Å². The minimum Gasteiger partial charge on any atom is -0.501 e. The van der Waals surface area contributed by atoms with Crippen molar-refractivity contribution < 1.29 is 9.47 Å². The fourth-order valence-electron chi connectivity index (χ4n) is 2.02. The molecule has 2 heterocycles. The summed E-state index contributed by atoms with van der Waals surface area (Å²) in [5.41, 5.74) is 2.32. The number of anilines is 1. The molecule has 0 saturated carbocycles. The zero-order valence-electron chi connectivity index (χ0n) is 8.70. The third kappa shape index (κ3) is 1.67. The van der Waals surface area contributed by atoms with E-state index in [1.54, 1.807) is 0 Å². The molecule has 0 spiro atoms. The van der Waals surface area contributed by atoms with Crippen LogP contribution in [0.3, 0.4) is 0 Å². The predicted molar refractivity (Wildman–Crippen MR) is 65.7 cm³/mol. The van der Waals surface area contributed by atoms with Gasteiger partial charge < -0.3 is 14.8 Å². The van der Waals surface area contributed by atoms with Gasteiger partial charge >= 0.3 is 0 Å². The van der Waals surface area contributed by atoms with E-state index in [4.69, 9.17) is 9.47 Å². The maximum Gasteiger partial charge on any atom is 0.156 e. The lowest BCUT2D eigenvalue weighted by Crippen LogP contribution is -2.32. The molecule has 1 aromatic carbocycles. The summed E-state index contributed by atoms with van der Waals surface area (Å²) in [5.74, 6) is 0.901. The summed E-state index contributed by atoms with van der Waals surface area (Å²) < 4.78 is 12.0. The standard InChI is InChI=1S/C12H12BrNO2/c13-9-2-1-3-10-12(9)16-7-11(14-10)8-4-5-15-6-8/h1-3,6,11,14H,4-5,7H2. The van der Waals surface area contributed by atoms with Crippen molar-refractivity contribution >= 4 is 21.6 Å². The second-order valence-electron chi connectivity index (χ2n) is 3.94. The van der Waals surface area contributed by atoms with E-state index < -0.39 is 0 Å². The topological polar surface area (TPSA) is 30.5 Å². The summed E-state index contributed by atoms with van der Waals surface area (Å²) in [5, 5.41) is 3.48. The summed E-state index contributed by atoms with van der Waals surface area (Å²) in [6.45, 7) is 1.45. The first kappa shape index (κ1) is 10.0. The van der Waals surface area contributed by atoms with Crippen molar-refractivity contribution in [2.24, 2.45) is 0 Å². The van der Waals surface area contributed by atoms with Crippen LogP contribution in [0.15, 0.2) is 34.5 Å². The van der Waals surface area contributed by atoms with Crippen LogP contribution >= 0.6 is 15.9 Å². The molecule has 1 unspecified atom stereocenters. The van der Waals surface area contributed by atoms with E-state index in [-0.39, 0.29) is 6.04 Å². The van der Waals surface area contributed by atoms with E-state index in [2.05, 4.69) is 21.2 Å². The minimum atomic E-state index is 0.240. The number of halogens is 1. The van der Waals surface area contributed by atoms with Crippen LogP contribution in [-0.4, -0.2) is 19.3 Å². The molecular weight excluding hydrogens is 270 g/mol. The van der Waals surface area contributed by atoms with Crippen molar-refractivity contribution in [2.75, 3.05) is 18.5 Å². The number of hydrogen-bond donors (Lipinski definition) is 1. The van der Waals surface area contributed by atoms with Crippen LogP contribution in [0.25, 0.3) is 0 Å². The molecule has 3 rings (SSSR count). The Labute approximate surface area is 103 Å². The molecule has 0 amide bonds. The Kier molecular flexibility index (Phi) is 2.52. The predicted octanol–water partition coefficient (Wildman–Crippen LogP) is 2.93. The average molecular weight is 282 g/mol. The first-order chi connectivity index (χ1) is 7.84. The Bertz CT molecular complexity index is 445. The van der Waals surface area contributed by atoms with Gasteiger partial charge in [-0.3, -0.25) is 0 Å².